The molecule has 1 N–H and O–H groups in total. The number of terminal acetylenes is 1. The summed E-state index contributed by atoms with van der Waals surface area (Å²) in [5, 5.41) is 8.38. The molecule has 0 saturated carbocycles. The molecule has 0 fully saturated rings. The lowest BCUT2D eigenvalue weighted by atomic mass is 10.1. The molecule has 0 saturated heterocycles. The third-order valence-electron chi connectivity index (χ3n) is 1.70. The van der Waals surface area contributed by atoms with Gasteiger partial charge in [0, 0.05) is 12.0 Å². The van der Waals surface area contributed by atoms with Crippen LogP contribution in [-0.4, -0.2) is 16.9 Å². The van der Waals surface area contributed by atoms with Crippen LogP contribution in [0.15, 0.2) is 24.3 Å². The van der Waals surface area contributed by atoms with Crippen LogP contribution in [0, 0.1) is 12.3 Å². The molecule has 0 aliphatic rings. The van der Waals surface area contributed by atoms with Gasteiger partial charge in [-0.1, -0.05) is 18.1 Å². The average Bonchev–Trinajstić information content (AvgIpc) is 2.18. The van der Waals surface area contributed by atoms with Crippen molar-refractivity contribution in [1.82, 2.24) is 0 Å². The van der Waals surface area contributed by atoms with Gasteiger partial charge in [0.2, 0.25) is 5.78 Å². The molecule has 0 aromatic heterocycles. The van der Waals surface area contributed by atoms with Gasteiger partial charge in [0.25, 0.3) is 0 Å². The van der Waals surface area contributed by atoms with E-state index >= 15 is 0 Å². The number of carboxylic acid groups (broad SMARTS) is 1. The smallest absolute Gasteiger partial charge is 0.372 e. The first-order valence-corrected chi connectivity index (χ1v) is 3.95. The Morgan fingerprint density at radius 2 is 2.14 bits per heavy atom. The second kappa shape index (κ2) is 4.24. The van der Waals surface area contributed by atoms with Crippen LogP contribution in [0.2, 0.25) is 0 Å². The van der Waals surface area contributed by atoms with E-state index in [0.29, 0.717) is 11.1 Å². The monoisotopic (exact) mass is 188 g/mol. The Morgan fingerprint density at radius 3 is 2.71 bits per heavy atom. The van der Waals surface area contributed by atoms with Gasteiger partial charge in [-0.2, -0.15) is 0 Å². The summed E-state index contributed by atoms with van der Waals surface area (Å²) in [7, 11) is 0. The Bertz CT molecular complexity index is 413. The van der Waals surface area contributed by atoms with Crippen LogP contribution in [0.25, 0.3) is 0 Å². The maximum atomic E-state index is 10.9. The number of benzene rings is 1. The molecule has 0 aliphatic heterocycles. The number of carboxylic acids is 1. The lowest BCUT2D eigenvalue weighted by Gasteiger charge is -1.98. The second-order valence-electron chi connectivity index (χ2n) is 2.75. The van der Waals surface area contributed by atoms with E-state index in [1.807, 2.05) is 0 Å². The lowest BCUT2D eigenvalue weighted by Crippen LogP contribution is -2.14. The molecule has 0 radical (unpaired) electrons. The minimum atomic E-state index is -1.42. The zero-order valence-electron chi connectivity index (χ0n) is 7.36. The van der Waals surface area contributed by atoms with E-state index in [-0.39, 0.29) is 6.42 Å². The summed E-state index contributed by atoms with van der Waals surface area (Å²) in [6.45, 7) is 0. The third-order valence-corrected chi connectivity index (χ3v) is 1.70. The second-order valence-corrected chi connectivity index (χ2v) is 2.75. The van der Waals surface area contributed by atoms with Crippen molar-refractivity contribution in [3.8, 4) is 12.3 Å². The number of Topliss-reactive ketones (excluding diaryl/α,β-unsaturated/α-hetero) is 1. The highest BCUT2D eigenvalue weighted by Crippen LogP contribution is 2.05. The van der Waals surface area contributed by atoms with Gasteiger partial charge in [-0.05, 0) is 17.7 Å². The Kier molecular flexibility index (Phi) is 3.03. The summed E-state index contributed by atoms with van der Waals surface area (Å²) in [5.74, 6) is 0.157. The molecule has 0 heterocycles. The van der Waals surface area contributed by atoms with Gasteiger partial charge in [-0.3, -0.25) is 4.79 Å². The molecule has 0 atom stereocenters. The number of ketones is 1. The molecule has 0 unspecified atom stereocenters. The van der Waals surface area contributed by atoms with Crippen LogP contribution in [-0.2, 0) is 16.0 Å². The molecule has 1 aromatic rings. The summed E-state index contributed by atoms with van der Waals surface area (Å²) in [5.41, 5.74) is 1.26. The molecule has 3 nitrogen and oxygen atoms in total. The number of carbonyl (C=O) groups is 2. The molecule has 14 heavy (non-hydrogen) atoms. The third kappa shape index (κ3) is 2.46. The van der Waals surface area contributed by atoms with E-state index < -0.39 is 11.8 Å². The largest absolute Gasteiger partial charge is 0.475 e. The maximum absolute atomic E-state index is 10.9. The van der Waals surface area contributed by atoms with Crippen LogP contribution >= 0.6 is 0 Å². The Hall–Kier alpha value is -2.08. The fourth-order valence-electron chi connectivity index (χ4n) is 1.03. The number of aliphatic carboxylic acids is 1. The van der Waals surface area contributed by atoms with Crippen molar-refractivity contribution in [2.24, 2.45) is 0 Å². The SMILES string of the molecule is C#Cc1cccc(CC(=O)C(=O)O)c1. The Labute approximate surface area is 81.4 Å². The van der Waals surface area contributed by atoms with Crippen molar-refractivity contribution in [2.45, 2.75) is 6.42 Å². The topological polar surface area (TPSA) is 54.4 Å². The number of hydrogen-bond donors (Lipinski definition) is 1. The predicted molar refractivity (Wildman–Crippen MR) is 50.7 cm³/mol. The highest BCUT2D eigenvalue weighted by Gasteiger charge is 2.11. The summed E-state index contributed by atoms with van der Waals surface area (Å²) < 4.78 is 0. The van der Waals surface area contributed by atoms with Crippen LogP contribution in [0.4, 0.5) is 0 Å². The fourth-order valence-corrected chi connectivity index (χ4v) is 1.03. The molecule has 1 aromatic carbocycles. The summed E-state index contributed by atoms with van der Waals surface area (Å²) in [4.78, 5) is 21.1. The quantitative estimate of drug-likeness (QED) is 0.565. The van der Waals surface area contributed by atoms with E-state index in [1.54, 1.807) is 24.3 Å². The first kappa shape index (κ1) is 10.0. The first-order valence-electron chi connectivity index (χ1n) is 3.95. The number of hydrogen-bond acceptors (Lipinski definition) is 2. The van der Waals surface area contributed by atoms with Crippen LogP contribution < -0.4 is 0 Å². The van der Waals surface area contributed by atoms with E-state index in [4.69, 9.17) is 11.5 Å². The molecule has 0 spiro atoms. The highest BCUT2D eigenvalue weighted by atomic mass is 16.4. The fraction of sp³-hybridized carbons (Fsp3) is 0.0909. The molecular formula is C11H8O3. The van der Waals surface area contributed by atoms with Gasteiger partial charge < -0.3 is 5.11 Å². The summed E-state index contributed by atoms with van der Waals surface area (Å²) >= 11 is 0. The van der Waals surface area contributed by atoms with E-state index in [0.717, 1.165) is 0 Å². The Balaban J connectivity index is 2.83. The van der Waals surface area contributed by atoms with Crippen LogP contribution in [0.3, 0.4) is 0 Å². The van der Waals surface area contributed by atoms with Crippen molar-refractivity contribution in [3.05, 3.63) is 35.4 Å². The van der Waals surface area contributed by atoms with Crippen LogP contribution in [0.1, 0.15) is 11.1 Å². The van der Waals surface area contributed by atoms with Crippen molar-refractivity contribution >= 4 is 11.8 Å². The van der Waals surface area contributed by atoms with Gasteiger partial charge >= 0.3 is 5.97 Å². The molecular weight excluding hydrogens is 180 g/mol. The predicted octanol–water partition coefficient (Wildman–Crippen LogP) is 0.864. The number of rotatable bonds is 3. The van der Waals surface area contributed by atoms with Gasteiger partial charge in [0.1, 0.15) is 0 Å². The van der Waals surface area contributed by atoms with Gasteiger partial charge in [-0.25, -0.2) is 4.79 Å². The summed E-state index contributed by atoms with van der Waals surface area (Å²) in [6, 6.07) is 6.71. The zero-order valence-corrected chi connectivity index (χ0v) is 7.36. The van der Waals surface area contributed by atoms with Crippen molar-refractivity contribution in [2.75, 3.05) is 0 Å². The van der Waals surface area contributed by atoms with E-state index in [2.05, 4.69) is 5.92 Å². The van der Waals surface area contributed by atoms with Crippen molar-refractivity contribution < 1.29 is 14.7 Å². The number of carbonyl (C=O) groups excluding carboxylic acids is 1. The molecule has 0 amide bonds. The molecule has 70 valence electrons. The van der Waals surface area contributed by atoms with Gasteiger partial charge in [0.15, 0.2) is 0 Å². The lowest BCUT2D eigenvalue weighted by molar-refractivity contribution is -0.148. The molecule has 0 bridgehead atoms. The standard InChI is InChI=1S/C11H8O3/c1-2-8-4-3-5-9(6-8)7-10(12)11(13)14/h1,3-6H,7H2,(H,13,14). The molecule has 3 heteroatoms. The highest BCUT2D eigenvalue weighted by molar-refractivity contribution is 6.33. The van der Waals surface area contributed by atoms with E-state index in [1.165, 1.54) is 0 Å². The van der Waals surface area contributed by atoms with Crippen molar-refractivity contribution in [3.63, 3.8) is 0 Å². The van der Waals surface area contributed by atoms with Gasteiger partial charge in [0.05, 0.1) is 0 Å². The van der Waals surface area contributed by atoms with Crippen LogP contribution in [0.5, 0.6) is 0 Å². The molecule has 0 aliphatic carbocycles. The maximum Gasteiger partial charge on any atom is 0.372 e. The average molecular weight is 188 g/mol. The minimum absolute atomic E-state index is 0.120. The molecule has 1 rings (SSSR count). The summed E-state index contributed by atoms with van der Waals surface area (Å²) in [6.07, 6.45) is 5.04. The minimum Gasteiger partial charge on any atom is -0.475 e. The Morgan fingerprint density at radius 1 is 1.43 bits per heavy atom. The first-order chi connectivity index (χ1) is 6.63. The zero-order chi connectivity index (χ0) is 10.6. The van der Waals surface area contributed by atoms with Crippen molar-refractivity contribution in [1.29, 1.82) is 0 Å². The normalized spacial score (nSPS) is 9.07. The van der Waals surface area contributed by atoms with E-state index in [9.17, 15) is 9.59 Å². The van der Waals surface area contributed by atoms with Gasteiger partial charge in [-0.15, -0.1) is 6.42 Å².